The van der Waals surface area contributed by atoms with Crippen molar-refractivity contribution in [3.05, 3.63) is 23.0 Å². The Kier molecular flexibility index (Phi) is 4.11. The number of aryl methyl sites for hydroxylation is 2. The van der Waals surface area contributed by atoms with Crippen LogP contribution in [-0.2, 0) is 6.42 Å². The maximum Gasteiger partial charge on any atom is 0.0676 e. The zero-order chi connectivity index (χ0) is 12.3. The van der Waals surface area contributed by atoms with E-state index in [1.165, 1.54) is 37.7 Å². The first-order chi connectivity index (χ1) is 8.22. The highest BCUT2D eigenvalue weighted by atomic mass is 15.1. The van der Waals surface area contributed by atoms with Crippen LogP contribution in [0.1, 0.15) is 62.0 Å². The van der Waals surface area contributed by atoms with Crippen molar-refractivity contribution in [1.82, 2.24) is 10.2 Å². The monoisotopic (exact) mass is 233 g/mol. The predicted molar refractivity (Wildman–Crippen MR) is 69.7 cm³/mol. The summed E-state index contributed by atoms with van der Waals surface area (Å²) in [5, 5.41) is 8.42. The van der Waals surface area contributed by atoms with Crippen molar-refractivity contribution in [2.24, 2.45) is 11.7 Å². The molecule has 0 saturated heterocycles. The van der Waals surface area contributed by atoms with Crippen molar-refractivity contribution < 1.29 is 0 Å². The van der Waals surface area contributed by atoms with Gasteiger partial charge in [-0.25, -0.2) is 0 Å². The third-order valence-corrected chi connectivity index (χ3v) is 3.88. The second-order valence-corrected chi connectivity index (χ2v) is 5.17. The molecule has 1 aromatic rings. The van der Waals surface area contributed by atoms with E-state index in [2.05, 4.69) is 23.2 Å². The normalized spacial score (nSPS) is 19.2. The van der Waals surface area contributed by atoms with Crippen LogP contribution < -0.4 is 5.73 Å². The second kappa shape index (κ2) is 5.58. The summed E-state index contributed by atoms with van der Waals surface area (Å²) in [4.78, 5) is 0. The number of nitrogens with two attached hydrogens (primary N) is 1. The van der Waals surface area contributed by atoms with E-state index in [1.807, 2.05) is 6.92 Å². The molecule has 1 atom stereocenters. The molecule has 0 aliphatic heterocycles. The molecule has 2 rings (SSSR count). The molecule has 2 N–H and O–H groups in total. The first kappa shape index (κ1) is 12.5. The van der Waals surface area contributed by atoms with Gasteiger partial charge >= 0.3 is 0 Å². The Balaban J connectivity index is 2.21. The van der Waals surface area contributed by atoms with E-state index in [1.54, 1.807) is 0 Å². The number of hydrogen-bond donors (Lipinski definition) is 1. The van der Waals surface area contributed by atoms with Crippen LogP contribution in [-0.4, -0.2) is 10.2 Å². The van der Waals surface area contributed by atoms with Gasteiger partial charge < -0.3 is 5.73 Å². The molecule has 17 heavy (non-hydrogen) atoms. The van der Waals surface area contributed by atoms with E-state index in [0.29, 0.717) is 5.92 Å². The van der Waals surface area contributed by atoms with Crippen molar-refractivity contribution in [3.63, 3.8) is 0 Å². The Morgan fingerprint density at radius 2 is 2.00 bits per heavy atom. The molecule has 0 aromatic carbocycles. The van der Waals surface area contributed by atoms with Gasteiger partial charge in [-0.3, -0.25) is 0 Å². The zero-order valence-electron chi connectivity index (χ0n) is 10.9. The lowest BCUT2D eigenvalue weighted by atomic mass is 9.81. The molecule has 1 fully saturated rings. The third-order valence-electron chi connectivity index (χ3n) is 3.88. The Morgan fingerprint density at radius 3 is 2.65 bits per heavy atom. The molecule has 0 spiro atoms. The molecule has 1 aromatic heterocycles. The quantitative estimate of drug-likeness (QED) is 0.873. The fourth-order valence-electron chi connectivity index (χ4n) is 2.84. The van der Waals surface area contributed by atoms with Crippen LogP contribution in [0.15, 0.2) is 6.07 Å². The van der Waals surface area contributed by atoms with Gasteiger partial charge in [0.2, 0.25) is 0 Å². The fraction of sp³-hybridized carbons (Fsp3) is 0.714. The van der Waals surface area contributed by atoms with Crippen molar-refractivity contribution in [2.45, 2.75) is 58.4 Å². The summed E-state index contributed by atoms with van der Waals surface area (Å²) in [7, 11) is 0. The average molecular weight is 233 g/mol. The Bertz CT molecular complexity index is 370. The van der Waals surface area contributed by atoms with Gasteiger partial charge in [-0.1, -0.05) is 26.2 Å². The fourth-order valence-corrected chi connectivity index (χ4v) is 2.84. The molecule has 1 saturated carbocycles. The van der Waals surface area contributed by atoms with Crippen LogP contribution in [0.25, 0.3) is 0 Å². The zero-order valence-corrected chi connectivity index (χ0v) is 10.9. The molecule has 1 unspecified atom stereocenters. The Labute approximate surface area is 104 Å². The van der Waals surface area contributed by atoms with Gasteiger partial charge in [-0.05, 0) is 43.7 Å². The smallest absolute Gasteiger partial charge is 0.0676 e. The number of nitrogens with zero attached hydrogens (tertiary/aromatic N) is 2. The molecule has 3 nitrogen and oxygen atoms in total. The molecule has 1 aliphatic rings. The summed E-state index contributed by atoms with van der Waals surface area (Å²) in [5.74, 6) is 0.637. The van der Waals surface area contributed by atoms with Crippen molar-refractivity contribution in [3.8, 4) is 0 Å². The topological polar surface area (TPSA) is 51.8 Å². The summed E-state index contributed by atoms with van der Waals surface area (Å²) in [6, 6.07) is 2.28. The molecular formula is C14H23N3. The van der Waals surface area contributed by atoms with Gasteiger partial charge in [0.05, 0.1) is 11.4 Å². The minimum Gasteiger partial charge on any atom is -0.324 e. The van der Waals surface area contributed by atoms with E-state index in [4.69, 9.17) is 5.73 Å². The summed E-state index contributed by atoms with van der Waals surface area (Å²) in [6.07, 6.45) is 7.49. The SMILES string of the molecule is CCc1nnc(C)cc1C(N)C1CCCCC1. The predicted octanol–water partition coefficient (Wildman–Crippen LogP) is 2.93. The van der Waals surface area contributed by atoms with Crippen LogP contribution in [0.2, 0.25) is 0 Å². The minimum atomic E-state index is 0.152. The summed E-state index contributed by atoms with van der Waals surface area (Å²) in [5.41, 5.74) is 9.73. The first-order valence-electron chi connectivity index (χ1n) is 6.81. The van der Waals surface area contributed by atoms with Gasteiger partial charge in [0, 0.05) is 6.04 Å². The number of aromatic nitrogens is 2. The van der Waals surface area contributed by atoms with Crippen LogP contribution in [0, 0.1) is 12.8 Å². The lowest BCUT2D eigenvalue weighted by molar-refractivity contribution is 0.306. The molecule has 3 heteroatoms. The van der Waals surface area contributed by atoms with Crippen LogP contribution >= 0.6 is 0 Å². The standard InChI is InChI=1S/C14H23N3/c1-3-13-12(9-10(2)16-17-13)14(15)11-7-5-4-6-8-11/h9,11,14H,3-8,15H2,1-2H3. The Morgan fingerprint density at radius 1 is 1.29 bits per heavy atom. The highest BCUT2D eigenvalue weighted by molar-refractivity contribution is 5.25. The number of hydrogen-bond acceptors (Lipinski definition) is 3. The lowest BCUT2D eigenvalue weighted by Crippen LogP contribution is -2.25. The number of rotatable bonds is 3. The average Bonchev–Trinajstić information content (AvgIpc) is 2.39. The molecule has 94 valence electrons. The van der Waals surface area contributed by atoms with E-state index in [-0.39, 0.29) is 6.04 Å². The molecule has 0 bridgehead atoms. The van der Waals surface area contributed by atoms with Gasteiger partial charge in [-0.15, -0.1) is 0 Å². The van der Waals surface area contributed by atoms with Crippen molar-refractivity contribution in [1.29, 1.82) is 0 Å². The molecule has 1 heterocycles. The van der Waals surface area contributed by atoms with Crippen LogP contribution in [0.5, 0.6) is 0 Å². The molecule has 0 amide bonds. The van der Waals surface area contributed by atoms with Gasteiger partial charge in [0.25, 0.3) is 0 Å². The van der Waals surface area contributed by atoms with Gasteiger partial charge in [0.1, 0.15) is 0 Å². The molecular weight excluding hydrogens is 210 g/mol. The van der Waals surface area contributed by atoms with Crippen molar-refractivity contribution in [2.75, 3.05) is 0 Å². The highest BCUT2D eigenvalue weighted by Crippen LogP contribution is 2.33. The van der Waals surface area contributed by atoms with E-state index >= 15 is 0 Å². The van der Waals surface area contributed by atoms with Crippen LogP contribution in [0.3, 0.4) is 0 Å². The van der Waals surface area contributed by atoms with E-state index in [0.717, 1.165) is 17.8 Å². The third kappa shape index (κ3) is 2.83. The van der Waals surface area contributed by atoms with Gasteiger partial charge in [0.15, 0.2) is 0 Å². The minimum absolute atomic E-state index is 0.152. The lowest BCUT2D eigenvalue weighted by Gasteiger charge is -2.28. The molecule has 0 radical (unpaired) electrons. The van der Waals surface area contributed by atoms with E-state index < -0.39 is 0 Å². The van der Waals surface area contributed by atoms with E-state index in [9.17, 15) is 0 Å². The largest absolute Gasteiger partial charge is 0.324 e. The summed E-state index contributed by atoms with van der Waals surface area (Å²) >= 11 is 0. The molecule has 1 aliphatic carbocycles. The maximum atomic E-state index is 6.45. The van der Waals surface area contributed by atoms with Gasteiger partial charge in [-0.2, -0.15) is 10.2 Å². The maximum absolute atomic E-state index is 6.45. The Hall–Kier alpha value is -0.960. The summed E-state index contributed by atoms with van der Waals surface area (Å²) in [6.45, 7) is 4.11. The van der Waals surface area contributed by atoms with Crippen molar-refractivity contribution >= 4 is 0 Å². The highest BCUT2D eigenvalue weighted by Gasteiger charge is 2.24. The first-order valence-corrected chi connectivity index (χ1v) is 6.81. The van der Waals surface area contributed by atoms with Crippen LogP contribution in [0.4, 0.5) is 0 Å². The second-order valence-electron chi connectivity index (χ2n) is 5.17. The summed E-state index contributed by atoms with van der Waals surface area (Å²) < 4.78 is 0.